The van der Waals surface area contributed by atoms with E-state index in [1.807, 2.05) is 30.5 Å². The first-order valence-electron chi connectivity index (χ1n) is 9.15. The number of hydrogen-bond acceptors (Lipinski definition) is 4. The van der Waals surface area contributed by atoms with Gasteiger partial charge in [0.2, 0.25) is 0 Å². The summed E-state index contributed by atoms with van der Waals surface area (Å²) in [5.74, 6) is 2.25. The highest BCUT2D eigenvalue weighted by Crippen LogP contribution is 2.18. The normalized spacial score (nSPS) is 15.4. The van der Waals surface area contributed by atoms with Gasteiger partial charge >= 0.3 is 0 Å². The second kappa shape index (κ2) is 9.08. The number of pyridine rings is 1. The molecule has 3 rings (SSSR count). The molecule has 0 amide bonds. The minimum Gasteiger partial charge on any atom is -0.497 e. The Balaban J connectivity index is 1.55. The Hall–Kier alpha value is -2.76. The van der Waals surface area contributed by atoms with Crippen LogP contribution in [0.5, 0.6) is 5.75 Å². The van der Waals surface area contributed by atoms with Crippen molar-refractivity contribution in [3.05, 3.63) is 48.2 Å². The Labute approximate surface area is 155 Å². The summed E-state index contributed by atoms with van der Waals surface area (Å²) in [5, 5.41) is 3.08. The largest absolute Gasteiger partial charge is 0.497 e. The molecule has 138 valence electrons. The molecular formula is C20H27N5O. The van der Waals surface area contributed by atoms with Gasteiger partial charge < -0.3 is 20.7 Å². The smallest absolute Gasteiger partial charge is 0.193 e. The first kappa shape index (κ1) is 18.0. The number of ether oxygens (including phenoxy) is 1. The van der Waals surface area contributed by atoms with Crippen molar-refractivity contribution in [2.45, 2.75) is 32.2 Å². The van der Waals surface area contributed by atoms with Crippen LogP contribution in [0.15, 0.2) is 47.6 Å². The van der Waals surface area contributed by atoms with E-state index in [2.05, 4.69) is 32.3 Å². The van der Waals surface area contributed by atoms with Gasteiger partial charge in [0, 0.05) is 25.0 Å². The summed E-state index contributed by atoms with van der Waals surface area (Å²) in [4.78, 5) is 11.4. The average molecular weight is 353 g/mol. The Morgan fingerprint density at radius 1 is 1.12 bits per heavy atom. The Bertz CT molecular complexity index is 704. The van der Waals surface area contributed by atoms with Crippen molar-refractivity contribution < 1.29 is 4.74 Å². The molecule has 0 spiro atoms. The van der Waals surface area contributed by atoms with Gasteiger partial charge in [-0.15, -0.1) is 0 Å². The monoisotopic (exact) mass is 353 g/mol. The molecule has 0 aliphatic carbocycles. The molecule has 1 aromatic heterocycles. The van der Waals surface area contributed by atoms with Gasteiger partial charge in [0.25, 0.3) is 0 Å². The molecule has 1 fully saturated rings. The van der Waals surface area contributed by atoms with Crippen LogP contribution in [-0.2, 0) is 6.54 Å². The third-order valence-corrected chi connectivity index (χ3v) is 4.53. The molecular weight excluding hydrogens is 326 g/mol. The van der Waals surface area contributed by atoms with Gasteiger partial charge in [-0.1, -0.05) is 18.9 Å². The Kier molecular flexibility index (Phi) is 6.30. The molecule has 0 radical (unpaired) electrons. The van der Waals surface area contributed by atoms with Crippen LogP contribution in [0.25, 0.3) is 0 Å². The second-order valence-electron chi connectivity index (χ2n) is 6.48. The number of aromatic nitrogens is 1. The van der Waals surface area contributed by atoms with Crippen LogP contribution in [0.3, 0.4) is 0 Å². The first-order valence-corrected chi connectivity index (χ1v) is 9.15. The van der Waals surface area contributed by atoms with E-state index in [9.17, 15) is 0 Å². The molecule has 0 saturated carbocycles. The number of aliphatic imine (C=N–C) groups is 1. The van der Waals surface area contributed by atoms with Gasteiger partial charge in [0.05, 0.1) is 13.7 Å². The number of nitrogens with one attached hydrogen (secondary N) is 1. The first-order chi connectivity index (χ1) is 12.7. The lowest BCUT2D eigenvalue weighted by Gasteiger charge is -2.21. The van der Waals surface area contributed by atoms with E-state index >= 15 is 0 Å². The molecule has 0 bridgehead atoms. The van der Waals surface area contributed by atoms with Gasteiger partial charge in [-0.25, -0.2) is 9.98 Å². The Morgan fingerprint density at radius 2 is 1.85 bits per heavy atom. The van der Waals surface area contributed by atoms with Crippen LogP contribution < -0.4 is 20.7 Å². The van der Waals surface area contributed by atoms with Crippen molar-refractivity contribution in [1.82, 2.24) is 4.98 Å². The SMILES string of the molecule is COc1ccc(NC(N)=NCc2ccc(N3CCCCCC3)nc2)cc1. The maximum atomic E-state index is 5.97. The third-order valence-electron chi connectivity index (χ3n) is 4.53. The minimum absolute atomic E-state index is 0.381. The summed E-state index contributed by atoms with van der Waals surface area (Å²) in [7, 11) is 1.64. The fourth-order valence-corrected chi connectivity index (χ4v) is 3.04. The number of anilines is 2. The zero-order chi connectivity index (χ0) is 18.2. The molecule has 1 saturated heterocycles. The summed E-state index contributed by atoms with van der Waals surface area (Å²) < 4.78 is 5.14. The lowest BCUT2D eigenvalue weighted by atomic mass is 10.2. The van der Waals surface area contributed by atoms with E-state index < -0.39 is 0 Å². The lowest BCUT2D eigenvalue weighted by molar-refractivity contribution is 0.415. The van der Waals surface area contributed by atoms with E-state index in [1.54, 1.807) is 7.11 Å². The van der Waals surface area contributed by atoms with E-state index in [1.165, 1.54) is 25.7 Å². The lowest BCUT2D eigenvalue weighted by Crippen LogP contribution is -2.24. The summed E-state index contributed by atoms with van der Waals surface area (Å²) in [6, 6.07) is 11.7. The second-order valence-corrected chi connectivity index (χ2v) is 6.48. The molecule has 2 aromatic rings. The fourth-order valence-electron chi connectivity index (χ4n) is 3.04. The summed E-state index contributed by atoms with van der Waals surface area (Å²) >= 11 is 0. The highest BCUT2D eigenvalue weighted by Gasteiger charge is 2.10. The van der Waals surface area contributed by atoms with Gasteiger partial charge in [-0.05, 0) is 48.7 Å². The molecule has 6 nitrogen and oxygen atoms in total. The van der Waals surface area contributed by atoms with Gasteiger partial charge in [0.15, 0.2) is 5.96 Å². The number of guanidine groups is 1. The molecule has 1 aliphatic rings. The fraction of sp³-hybridized carbons (Fsp3) is 0.400. The molecule has 1 aromatic carbocycles. The van der Waals surface area contributed by atoms with Crippen LogP contribution in [0.4, 0.5) is 11.5 Å². The van der Waals surface area contributed by atoms with Crippen molar-refractivity contribution >= 4 is 17.5 Å². The number of methoxy groups -OCH3 is 1. The summed E-state index contributed by atoms with van der Waals surface area (Å²) in [6.45, 7) is 2.70. The van der Waals surface area contributed by atoms with Gasteiger partial charge in [0.1, 0.15) is 11.6 Å². The van der Waals surface area contributed by atoms with Gasteiger partial charge in [-0.2, -0.15) is 0 Å². The molecule has 1 aliphatic heterocycles. The van der Waals surface area contributed by atoms with E-state index in [-0.39, 0.29) is 0 Å². The summed E-state index contributed by atoms with van der Waals surface area (Å²) in [6.07, 6.45) is 7.04. The van der Waals surface area contributed by atoms with E-state index in [4.69, 9.17) is 10.5 Å². The minimum atomic E-state index is 0.381. The molecule has 3 N–H and O–H groups in total. The van der Waals surface area contributed by atoms with Crippen molar-refractivity contribution in [1.29, 1.82) is 0 Å². The third kappa shape index (κ3) is 5.12. The van der Waals surface area contributed by atoms with Crippen molar-refractivity contribution in [2.24, 2.45) is 10.7 Å². The zero-order valence-corrected chi connectivity index (χ0v) is 15.3. The van der Waals surface area contributed by atoms with Crippen LogP contribution in [0, 0.1) is 0 Å². The van der Waals surface area contributed by atoms with Crippen molar-refractivity contribution in [3.63, 3.8) is 0 Å². The van der Waals surface area contributed by atoms with Gasteiger partial charge in [-0.3, -0.25) is 0 Å². The average Bonchev–Trinajstić information content (AvgIpc) is 2.97. The molecule has 0 atom stereocenters. The standard InChI is InChI=1S/C20H27N5O/c1-26-18-9-7-17(8-10-18)24-20(21)23-15-16-6-11-19(22-14-16)25-12-4-2-3-5-13-25/h6-11,14H,2-5,12-13,15H2,1H3,(H3,21,23,24). The number of hydrogen-bond donors (Lipinski definition) is 2. The number of nitrogens with zero attached hydrogens (tertiary/aromatic N) is 3. The van der Waals surface area contributed by atoms with Crippen LogP contribution in [0.1, 0.15) is 31.2 Å². The number of rotatable bonds is 5. The molecule has 6 heteroatoms. The van der Waals surface area contributed by atoms with Crippen molar-refractivity contribution in [3.8, 4) is 5.75 Å². The molecule has 2 heterocycles. The zero-order valence-electron chi connectivity index (χ0n) is 15.3. The Morgan fingerprint density at radius 3 is 2.46 bits per heavy atom. The number of benzene rings is 1. The number of nitrogens with two attached hydrogens (primary N) is 1. The topological polar surface area (TPSA) is 75.8 Å². The van der Waals surface area contributed by atoms with Crippen LogP contribution in [-0.4, -0.2) is 31.1 Å². The predicted molar refractivity (Wildman–Crippen MR) is 107 cm³/mol. The molecule has 26 heavy (non-hydrogen) atoms. The highest BCUT2D eigenvalue weighted by atomic mass is 16.5. The quantitative estimate of drug-likeness (QED) is 0.636. The van der Waals surface area contributed by atoms with Crippen molar-refractivity contribution in [2.75, 3.05) is 30.4 Å². The maximum absolute atomic E-state index is 5.97. The van der Waals surface area contributed by atoms with E-state index in [0.29, 0.717) is 12.5 Å². The highest BCUT2D eigenvalue weighted by molar-refractivity contribution is 5.92. The maximum Gasteiger partial charge on any atom is 0.193 e. The van der Waals surface area contributed by atoms with Crippen LogP contribution >= 0.6 is 0 Å². The van der Waals surface area contributed by atoms with E-state index in [0.717, 1.165) is 35.9 Å². The van der Waals surface area contributed by atoms with Crippen LogP contribution in [0.2, 0.25) is 0 Å². The predicted octanol–water partition coefficient (Wildman–Crippen LogP) is 3.40. The molecule has 0 unspecified atom stereocenters. The summed E-state index contributed by atoms with van der Waals surface area (Å²) in [5.41, 5.74) is 7.89.